The number of piperazine rings is 1. The van der Waals surface area contributed by atoms with Gasteiger partial charge < -0.3 is 14.7 Å². The third kappa shape index (κ3) is 4.64. The molecule has 32 heavy (non-hydrogen) atoms. The van der Waals surface area contributed by atoms with Crippen LogP contribution in [-0.2, 0) is 5.41 Å². The summed E-state index contributed by atoms with van der Waals surface area (Å²) in [4.78, 5) is 7.34. The summed E-state index contributed by atoms with van der Waals surface area (Å²) in [5, 5.41) is 9.83. The lowest BCUT2D eigenvalue weighted by atomic mass is 9.83. The predicted octanol–water partition coefficient (Wildman–Crippen LogP) is 5.30. The third-order valence-corrected chi connectivity index (χ3v) is 7.43. The Morgan fingerprint density at radius 1 is 0.844 bits per heavy atom. The molecule has 170 valence electrons. The highest BCUT2D eigenvalue weighted by molar-refractivity contribution is 5.74. The maximum Gasteiger partial charge on any atom is 0.101 e. The van der Waals surface area contributed by atoms with Crippen molar-refractivity contribution in [2.45, 2.75) is 51.9 Å². The molecule has 2 aromatic carbocycles. The fraction of sp³-hybridized carbons (Fsp3) is 0.536. The molecule has 2 heterocycles. The normalized spacial score (nSPS) is 18.6. The Morgan fingerprint density at radius 2 is 1.47 bits per heavy atom. The van der Waals surface area contributed by atoms with Crippen LogP contribution in [0.4, 0.5) is 11.4 Å². The quantitative estimate of drug-likeness (QED) is 0.662. The van der Waals surface area contributed by atoms with Gasteiger partial charge in [-0.25, -0.2) is 0 Å². The van der Waals surface area contributed by atoms with E-state index in [2.05, 4.69) is 85.8 Å². The molecule has 4 heteroatoms. The van der Waals surface area contributed by atoms with Crippen molar-refractivity contribution >= 4 is 11.4 Å². The first-order chi connectivity index (χ1) is 15.3. The highest BCUT2D eigenvalue weighted by atomic mass is 15.3. The maximum absolute atomic E-state index is 9.83. The zero-order chi connectivity index (χ0) is 22.9. The predicted molar refractivity (Wildman–Crippen MR) is 135 cm³/mol. The maximum atomic E-state index is 9.83. The van der Waals surface area contributed by atoms with Gasteiger partial charge in [0.15, 0.2) is 0 Å². The van der Waals surface area contributed by atoms with E-state index in [9.17, 15) is 5.26 Å². The van der Waals surface area contributed by atoms with Crippen LogP contribution >= 0.6 is 0 Å². The van der Waals surface area contributed by atoms with E-state index in [4.69, 9.17) is 0 Å². The fourth-order valence-corrected chi connectivity index (χ4v) is 5.27. The number of benzene rings is 2. The summed E-state index contributed by atoms with van der Waals surface area (Å²) in [6.45, 7) is 15.3. The summed E-state index contributed by atoms with van der Waals surface area (Å²) >= 11 is 0. The van der Waals surface area contributed by atoms with Crippen LogP contribution in [0.1, 0.15) is 61.8 Å². The highest BCUT2D eigenvalue weighted by Crippen LogP contribution is 2.37. The fourth-order valence-electron chi connectivity index (χ4n) is 5.27. The first-order valence-electron chi connectivity index (χ1n) is 12.1. The van der Waals surface area contributed by atoms with Gasteiger partial charge in [0, 0.05) is 45.0 Å². The summed E-state index contributed by atoms with van der Waals surface area (Å²) < 4.78 is 0. The molecule has 4 rings (SSSR count). The first kappa shape index (κ1) is 22.7. The summed E-state index contributed by atoms with van der Waals surface area (Å²) in [7, 11) is 2.19. The molecule has 0 bridgehead atoms. The smallest absolute Gasteiger partial charge is 0.101 e. The van der Waals surface area contributed by atoms with Crippen LogP contribution in [0.25, 0.3) is 0 Å². The van der Waals surface area contributed by atoms with E-state index in [0.717, 1.165) is 63.4 Å². The third-order valence-electron chi connectivity index (χ3n) is 7.43. The minimum Gasteiger partial charge on any atom is -0.370 e. The largest absolute Gasteiger partial charge is 0.370 e. The minimum absolute atomic E-state index is 0.196. The summed E-state index contributed by atoms with van der Waals surface area (Å²) in [6, 6.07) is 15.9. The van der Waals surface area contributed by atoms with E-state index >= 15 is 0 Å². The van der Waals surface area contributed by atoms with Crippen molar-refractivity contribution in [3.8, 4) is 6.07 Å². The summed E-state index contributed by atoms with van der Waals surface area (Å²) in [5.74, 6) is 0.604. The minimum atomic E-state index is 0.196. The molecule has 2 aliphatic heterocycles. The Kier molecular flexibility index (Phi) is 6.49. The number of hydrogen-bond acceptors (Lipinski definition) is 4. The van der Waals surface area contributed by atoms with Crippen molar-refractivity contribution in [2.24, 2.45) is 0 Å². The molecule has 0 unspecified atom stereocenters. The van der Waals surface area contributed by atoms with Crippen molar-refractivity contribution in [1.82, 2.24) is 4.90 Å². The van der Waals surface area contributed by atoms with Gasteiger partial charge in [0.2, 0.25) is 0 Å². The van der Waals surface area contributed by atoms with Gasteiger partial charge in [0.05, 0.1) is 11.3 Å². The SMILES string of the molecule is Cc1c(N2CCN(C)CC2)ccc(C#N)c1N1CCC(c2ccc(C(C)(C)C)cc2)CC1. The number of rotatable bonds is 3. The van der Waals surface area contributed by atoms with Gasteiger partial charge in [-0.15, -0.1) is 0 Å². The molecule has 0 aliphatic carbocycles. The number of likely N-dealkylation sites (N-methyl/N-ethyl adjacent to an activating group) is 1. The standard InChI is InChI=1S/C28H38N4/c1-21-26(31-18-16-30(5)17-19-31)11-8-24(20-29)27(21)32-14-12-23(13-15-32)22-6-9-25(10-7-22)28(2,3)4/h6-11,23H,12-19H2,1-5H3. The van der Waals surface area contributed by atoms with Crippen LogP contribution in [-0.4, -0.2) is 51.2 Å². The van der Waals surface area contributed by atoms with Gasteiger partial charge in [0.1, 0.15) is 6.07 Å². The van der Waals surface area contributed by atoms with Crippen molar-refractivity contribution in [3.63, 3.8) is 0 Å². The van der Waals surface area contributed by atoms with E-state index in [1.54, 1.807) is 0 Å². The number of anilines is 2. The molecule has 2 aliphatic rings. The lowest BCUT2D eigenvalue weighted by Gasteiger charge is -2.38. The van der Waals surface area contributed by atoms with E-state index in [1.165, 1.54) is 22.4 Å². The van der Waals surface area contributed by atoms with Gasteiger partial charge in [-0.05, 0) is 67.0 Å². The zero-order valence-electron chi connectivity index (χ0n) is 20.5. The number of nitriles is 1. The lowest BCUT2D eigenvalue weighted by Crippen LogP contribution is -2.45. The number of piperidine rings is 1. The lowest BCUT2D eigenvalue weighted by molar-refractivity contribution is 0.312. The Morgan fingerprint density at radius 3 is 2.03 bits per heavy atom. The van der Waals surface area contributed by atoms with Crippen LogP contribution in [0, 0.1) is 18.3 Å². The molecule has 0 atom stereocenters. The molecular formula is C28H38N4. The van der Waals surface area contributed by atoms with Gasteiger partial charge in [-0.2, -0.15) is 5.26 Å². The average Bonchev–Trinajstić information content (AvgIpc) is 2.79. The molecule has 2 aromatic rings. The summed E-state index contributed by atoms with van der Waals surface area (Å²) in [6.07, 6.45) is 2.27. The van der Waals surface area contributed by atoms with Crippen LogP contribution in [0.5, 0.6) is 0 Å². The molecule has 0 aromatic heterocycles. The molecule has 0 saturated carbocycles. The van der Waals surface area contributed by atoms with Crippen molar-refractivity contribution in [2.75, 3.05) is 56.1 Å². The van der Waals surface area contributed by atoms with Gasteiger partial charge in [0.25, 0.3) is 0 Å². The molecule has 2 saturated heterocycles. The highest BCUT2D eigenvalue weighted by Gasteiger charge is 2.26. The van der Waals surface area contributed by atoms with Crippen LogP contribution in [0.15, 0.2) is 36.4 Å². The monoisotopic (exact) mass is 430 g/mol. The Labute approximate surface area is 194 Å². The molecule has 4 nitrogen and oxygen atoms in total. The first-order valence-corrected chi connectivity index (χ1v) is 12.1. The molecule has 0 radical (unpaired) electrons. The number of hydrogen-bond donors (Lipinski definition) is 0. The topological polar surface area (TPSA) is 33.5 Å². The second kappa shape index (κ2) is 9.16. The van der Waals surface area contributed by atoms with Crippen molar-refractivity contribution < 1.29 is 0 Å². The molecule has 0 spiro atoms. The second-order valence-corrected chi connectivity index (χ2v) is 10.6. The molecule has 2 fully saturated rings. The second-order valence-electron chi connectivity index (χ2n) is 10.6. The molecule has 0 N–H and O–H groups in total. The zero-order valence-corrected chi connectivity index (χ0v) is 20.5. The molecular weight excluding hydrogens is 392 g/mol. The Balaban J connectivity index is 1.50. The van der Waals surface area contributed by atoms with E-state index in [-0.39, 0.29) is 5.41 Å². The Bertz CT molecular complexity index is 964. The van der Waals surface area contributed by atoms with Crippen LogP contribution in [0.2, 0.25) is 0 Å². The van der Waals surface area contributed by atoms with Crippen molar-refractivity contribution in [1.29, 1.82) is 5.26 Å². The van der Waals surface area contributed by atoms with Crippen molar-refractivity contribution in [3.05, 3.63) is 58.7 Å². The summed E-state index contributed by atoms with van der Waals surface area (Å²) in [5.41, 5.74) is 7.59. The number of nitrogens with zero attached hydrogens (tertiary/aromatic N) is 4. The molecule has 0 amide bonds. The van der Waals surface area contributed by atoms with Crippen LogP contribution in [0.3, 0.4) is 0 Å². The van der Waals surface area contributed by atoms with E-state index in [0.29, 0.717) is 5.92 Å². The Hall–Kier alpha value is -2.51. The average molecular weight is 431 g/mol. The van der Waals surface area contributed by atoms with Gasteiger partial charge >= 0.3 is 0 Å². The van der Waals surface area contributed by atoms with E-state index < -0.39 is 0 Å². The van der Waals surface area contributed by atoms with Gasteiger partial charge in [-0.3, -0.25) is 0 Å². The van der Waals surface area contributed by atoms with E-state index in [1.807, 2.05) is 6.07 Å². The van der Waals surface area contributed by atoms with Crippen LogP contribution < -0.4 is 9.80 Å². The van der Waals surface area contributed by atoms with Gasteiger partial charge in [-0.1, -0.05) is 45.0 Å².